The van der Waals surface area contributed by atoms with Crippen molar-refractivity contribution in [1.82, 2.24) is 0 Å². The van der Waals surface area contributed by atoms with Crippen molar-refractivity contribution < 1.29 is 19.3 Å². The zero-order valence-electron chi connectivity index (χ0n) is 9.53. The molecule has 4 heteroatoms. The van der Waals surface area contributed by atoms with Gasteiger partial charge in [-0.05, 0) is 30.5 Å². The third-order valence-electron chi connectivity index (χ3n) is 2.80. The molecule has 1 aromatic rings. The smallest absolute Gasteiger partial charge is 0.200 e. The van der Waals surface area contributed by atoms with Crippen molar-refractivity contribution in [3.63, 3.8) is 0 Å². The van der Waals surface area contributed by atoms with E-state index in [-0.39, 0.29) is 11.9 Å². The van der Waals surface area contributed by atoms with Crippen LogP contribution in [-0.2, 0) is 4.74 Å². The summed E-state index contributed by atoms with van der Waals surface area (Å²) in [4.78, 5) is 0. The number of phenolic OH excluding ortho intramolecular Hbond substituents is 1. The van der Waals surface area contributed by atoms with E-state index < -0.39 is 0 Å². The summed E-state index contributed by atoms with van der Waals surface area (Å²) in [6.07, 6.45) is 2.15. The quantitative estimate of drug-likeness (QED) is 0.855. The van der Waals surface area contributed by atoms with E-state index >= 15 is 0 Å². The minimum atomic E-state index is 0.0340. The molecule has 1 saturated heterocycles. The molecule has 0 aromatic heterocycles. The number of aromatic hydroxyl groups is 1. The van der Waals surface area contributed by atoms with Crippen LogP contribution < -0.4 is 9.47 Å². The van der Waals surface area contributed by atoms with Crippen LogP contribution in [0.5, 0.6) is 17.2 Å². The van der Waals surface area contributed by atoms with E-state index in [0.717, 1.165) is 25.0 Å². The maximum absolute atomic E-state index is 9.77. The number of hydrogen-bond acceptors (Lipinski definition) is 4. The largest absolute Gasteiger partial charge is 0.502 e. The average molecular weight is 224 g/mol. The summed E-state index contributed by atoms with van der Waals surface area (Å²) < 4.78 is 15.8. The molecule has 0 bridgehead atoms. The predicted molar refractivity (Wildman–Crippen MR) is 59.1 cm³/mol. The van der Waals surface area contributed by atoms with Crippen molar-refractivity contribution in [3.8, 4) is 17.2 Å². The Labute approximate surface area is 94.8 Å². The first-order valence-corrected chi connectivity index (χ1v) is 5.32. The Hall–Kier alpha value is -1.42. The minimum Gasteiger partial charge on any atom is -0.502 e. The Morgan fingerprint density at radius 2 is 1.88 bits per heavy atom. The lowest BCUT2D eigenvalue weighted by Gasteiger charge is -2.14. The first-order valence-electron chi connectivity index (χ1n) is 5.32. The molecule has 1 atom stereocenters. The van der Waals surface area contributed by atoms with Crippen LogP contribution >= 0.6 is 0 Å². The highest BCUT2D eigenvalue weighted by molar-refractivity contribution is 5.53. The maximum Gasteiger partial charge on any atom is 0.200 e. The summed E-state index contributed by atoms with van der Waals surface area (Å²) in [6, 6.07) is 3.60. The van der Waals surface area contributed by atoms with Gasteiger partial charge in [-0.3, -0.25) is 0 Å². The van der Waals surface area contributed by atoms with Gasteiger partial charge in [0.2, 0.25) is 5.75 Å². The van der Waals surface area contributed by atoms with Crippen molar-refractivity contribution in [2.45, 2.75) is 18.9 Å². The molecule has 1 fully saturated rings. The highest BCUT2D eigenvalue weighted by atomic mass is 16.5. The van der Waals surface area contributed by atoms with E-state index in [4.69, 9.17) is 14.2 Å². The molecule has 1 aliphatic rings. The van der Waals surface area contributed by atoms with Crippen molar-refractivity contribution in [3.05, 3.63) is 17.7 Å². The Balaban J connectivity index is 2.37. The second-order valence-corrected chi connectivity index (χ2v) is 3.78. The van der Waals surface area contributed by atoms with Crippen LogP contribution in [0.15, 0.2) is 12.1 Å². The summed E-state index contributed by atoms with van der Waals surface area (Å²) >= 11 is 0. The molecule has 0 aliphatic carbocycles. The topological polar surface area (TPSA) is 47.9 Å². The predicted octanol–water partition coefficient (Wildman–Crippen LogP) is 2.26. The SMILES string of the molecule is COc1cc(C2CCCO2)cc(OC)c1O. The Bertz CT molecular complexity index is 344. The van der Waals surface area contributed by atoms with Crippen LogP contribution in [0.1, 0.15) is 24.5 Å². The normalized spacial score (nSPS) is 19.8. The van der Waals surface area contributed by atoms with E-state index in [9.17, 15) is 5.11 Å². The molecular formula is C12H16O4. The maximum atomic E-state index is 9.77. The van der Waals surface area contributed by atoms with E-state index in [1.165, 1.54) is 14.2 Å². The molecule has 0 radical (unpaired) electrons. The molecule has 1 aromatic carbocycles. The van der Waals surface area contributed by atoms with Crippen LogP contribution in [0.3, 0.4) is 0 Å². The Morgan fingerprint density at radius 3 is 2.31 bits per heavy atom. The van der Waals surface area contributed by atoms with Gasteiger partial charge in [-0.2, -0.15) is 0 Å². The average Bonchev–Trinajstić information content (AvgIpc) is 2.83. The third kappa shape index (κ3) is 1.93. The van der Waals surface area contributed by atoms with Gasteiger partial charge in [-0.15, -0.1) is 0 Å². The van der Waals surface area contributed by atoms with Gasteiger partial charge in [-0.1, -0.05) is 0 Å². The summed E-state index contributed by atoms with van der Waals surface area (Å²) in [5.74, 6) is 0.876. The molecule has 0 amide bonds. The molecule has 1 N–H and O–H groups in total. The number of phenols is 1. The third-order valence-corrected chi connectivity index (χ3v) is 2.80. The molecule has 0 spiro atoms. The number of hydrogen-bond donors (Lipinski definition) is 1. The van der Waals surface area contributed by atoms with Crippen LogP contribution in [0.25, 0.3) is 0 Å². The van der Waals surface area contributed by atoms with Crippen molar-refractivity contribution in [2.75, 3.05) is 20.8 Å². The van der Waals surface area contributed by atoms with Crippen LogP contribution in [0, 0.1) is 0 Å². The molecular weight excluding hydrogens is 208 g/mol. The molecule has 1 heterocycles. The second-order valence-electron chi connectivity index (χ2n) is 3.78. The fourth-order valence-electron chi connectivity index (χ4n) is 1.94. The van der Waals surface area contributed by atoms with E-state index in [0.29, 0.717) is 11.5 Å². The van der Waals surface area contributed by atoms with Crippen molar-refractivity contribution >= 4 is 0 Å². The monoisotopic (exact) mass is 224 g/mol. The van der Waals surface area contributed by atoms with Gasteiger partial charge in [0, 0.05) is 6.61 Å². The minimum absolute atomic E-state index is 0.0340. The first kappa shape index (κ1) is 11.1. The molecule has 1 unspecified atom stereocenters. The highest BCUT2D eigenvalue weighted by Crippen LogP contribution is 2.41. The zero-order valence-corrected chi connectivity index (χ0v) is 9.53. The number of ether oxygens (including phenoxy) is 3. The Kier molecular flexibility index (Phi) is 3.19. The van der Waals surface area contributed by atoms with Gasteiger partial charge in [0.1, 0.15) is 0 Å². The number of benzene rings is 1. The number of methoxy groups -OCH3 is 2. The van der Waals surface area contributed by atoms with Crippen LogP contribution in [0.4, 0.5) is 0 Å². The molecule has 16 heavy (non-hydrogen) atoms. The molecule has 88 valence electrons. The summed E-state index contributed by atoms with van der Waals surface area (Å²) in [6.45, 7) is 0.788. The molecule has 4 nitrogen and oxygen atoms in total. The summed E-state index contributed by atoms with van der Waals surface area (Å²) in [5, 5.41) is 9.77. The van der Waals surface area contributed by atoms with Gasteiger partial charge in [0.15, 0.2) is 11.5 Å². The van der Waals surface area contributed by atoms with Gasteiger partial charge in [0.25, 0.3) is 0 Å². The molecule has 0 saturated carbocycles. The van der Waals surface area contributed by atoms with Gasteiger partial charge < -0.3 is 19.3 Å². The molecule has 1 aliphatic heterocycles. The fraction of sp³-hybridized carbons (Fsp3) is 0.500. The Morgan fingerprint density at radius 1 is 1.25 bits per heavy atom. The van der Waals surface area contributed by atoms with E-state index in [2.05, 4.69) is 0 Å². The highest BCUT2D eigenvalue weighted by Gasteiger charge is 2.21. The van der Waals surface area contributed by atoms with Crippen LogP contribution in [0.2, 0.25) is 0 Å². The second kappa shape index (κ2) is 4.61. The lowest BCUT2D eigenvalue weighted by Crippen LogP contribution is -1.98. The van der Waals surface area contributed by atoms with Crippen LogP contribution in [-0.4, -0.2) is 25.9 Å². The fourth-order valence-corrected chi connectivity index (χ4v) is 1.94. The summed E-state index contributed by atoms with van der Waals surface area (Å²) in [7, 11) is 3.04. The van der Waals surface area contributed by atoms with Gasteiger partial charge in [-0.25, -0.2) is 0 Å². The van der Waals surface area contributed by atoms with Gasteiger partial charge in [0.05, 0.1) is 20.3 Å². The van der Waals surface area contributed by atoms with Crippen molar-refractivity contribution in [1.29, 1.82) is 0 Å². The first-order chi connectivity index (χ1) is 7.76. The standard InChI is InChI=1S/C12H16O4/c1-14-10-6-8(9-4-3-5-16-9)7-11(15-2)12(10)13/h6-7,9,13H,3-5H2,1-2H3. The molecule has 2 rings (SSSR count). The van der Waals surface area contributed by atoms with E-state index in [1.807, 2.05) is 0 Å². The van der Waals surface area contributed by atoms with Crippen molar-refractivity contribution in [2.24, 2.45) is 0 Å². The lowest BCUT2D eigenvalue weighted by molar-refractivity contribution is 0.111. The van der Waals surface area contributed by atoms with Gasteiger partial charge >= 0.3 is 0 Å². The lowest BCUT2D eigenvalue weighted by atomic mass is 10.1. The summed E-state index contributed by atoms with van der Waals surface area (Å²) in [5.41, 5.74) is 0.990. The number of rotatable bonds is 3. The zero-order chi connectivity index (χ0) is 11.5. The van der Waals surface area contributed by atoms with E-state index in [1.54, 1.807) is 12.1 Å².